The molecule has 0 unspecified atom stereocenters. The van der Waals surface area contributed by atoms with Crippen molar-refractivity contribution in [1.29, 1.82) is 0 Å². The van der Waals surface area contributed by atoms with E-state index in [0.717, 1.165) is 6.29 Å². The number of hydrogen-bond donors (Lipinski definition) is 1. The minimum Gasteiger partial charge on any atom is -0.331 e. The van der Waals surface area contributed by atoms with Gasteiger partial charge in [0.25, 0.3) is 5.91 Å². The Morgan fingerprint density at radius 2 is 2.00 bits per heavy atom. The first-order valence-corrected chi connectivity index (χ1v) is 5.31. The Kier molecular flexibility index (Phi) is 4.90. The second-order valence-corrected chi connectivity index (χ2v) is 3.45. The Morgan fingerprint density at radius 3 is 2.53 bits per heavy atom. The normalized spacial score (nSPS) is 9.67. The van der Waals surface area contributed by atoms with Crippen LogP contribution in [0.3, 0.4) is 0 Å². The molecule has 0 saturated heterocycles. The van der Waals surface area contributed by atoms with Gasteiger partial charge in [-0.2, -0.15) is 12.6 Å². The summed E-state index contributed by atoms with van der Waals surface area (Å²) in [5.41, 5.74) is 0.598. The molecule has 0 heterocycles. The van der Waals surface area contributed by atoms with Gasteiger partial charge >= 0.3 is 0 Å². The molecule has 0 aliphatic carbocycles. The first-order valence-electron chi connectivity index (χ1n) is 4.68. The highest BCUT2D eigenvalue weighted by Gasteiger charge is 2.13. The fourth-order valence-electron chi connectivity index (χ4n) is 1.25. The summed E-state index contributed by atoms with van der Waals surface area (Å²) >= 11 is 4.05. The van der Waals surface area contributed by atoms with E-state index in [-0.39, 0.29) is 12.5 Å². The lowest BCUT2D eigenvalue weighted by atomic mass is 10.2. The van der Waals surface area contributed by atoms with Crippen LogP contribution in [-0.4, -0.2) is 35.9 Å². The van der Waals surface area contributed by atoms with Crippen molar-refractivity contribution in [3.8, 4) is 0 Å². The quantitative estimate of drug-likeness (QED) is 0.602. The fraction of sp³-hybridized carbons (Fsp3) is 0.273. The molecule has 0 saturated carbocycles. The highest BCUT2D eigenvalue weighted by molar-refractivity contribution is 7.80. The van der Waals surface area contributed by atoms with Crippen molar-refractivity contribution in [2.75, 3.05) is 18.8 Å². The Morgan fingerprint density at radius 1 is 1.33 bits per heavy atom. The summed E-state index contributed by atoms with van der Waals surface area (Å²) in [6.07, 6.45) is 0.726. The molecular weight excluding hydrogens is 210 g/mol. The van der Waals surface area contributed by atoms with E-state index >= 15 is 0 Å². The van der Waals surface area contributed by atoms with Crippen molar-refractivity contribution >= 4 is 24.8 Å². The van der Waals surface area contributed by atoms with Gasteiger partial charge in [0.1, 0.15) is 6.29 Å². The molecule has 0 bridgehead atoms. The predicted molar refractivity (Wildman–Crippen MR) is 62.3 cm³/mol. The van der Waals surface area contributed by atoms with Crippen molar-refractivity contribution in [1.82, 2.24) is 4.90 Å². The monoisotopic (exact) mass is 223 g/mol. The summed E-state index contributed by atoms with van der Waals surface area (Å²) in [5, 5.41) is 0. The largest absolute Gasteiger partial charge is 0.331 e. The molecule has 0 atom stereocenters. The summed E-state index contributed by atoms with van der Waals surface area (Å²) in [4.78, 5) is 23.7. The third-order valence-electron chi connectivity index (χ3n) is 1.97. The minimum absolute atomic E-state index is 0.119. The van der Waals surface area contributed by atoms with E-state index in [9.17, 15) is 9.59 Å². The molecule has 15 heavy (non-hydrogen) atoms. The number of hydrogen-bond acceptors (Lipinski definition) is 3. The van der Waals surface area contributed by atoms with Gasteiger partial charge in [0.05, 0.1) is 6.54 Å². The van der Waals surface area contributed by atoms with Crippen LogP contribution in [0.5, 0.6) is 0 Å². The molecule has 3 nitrogen and oxygen atoms in total. The molecule has 0 aliphatic rings. The van der Waals surface area contributed by atoms with Crippen LogP contribution in [0, 0.1) is 0 Å². The van der Waals surface area contributed by atoms with Crippen LogP contribution in [0.2, 0.25) is 0 Å². The molecular formula is C11H13NO2S. The number of rotatable bonds is 5. The maximum atomic E-state index is 11.9. The van der Waals surface area contributed by atoms with Crippen molar-refractivity contribution < 1.29 is 9.59 Å². The Labute approximate surface area is 94.5 Å². The van der Waals surface area contributed by atoms with Crippen molar-refractivity contribution in [3.05, 3.63) is 35.9 Å². The lowest BCUT2D eigenvalue weighted by Crippen LogP contribution is -2.34. The predicted octanol–water partition coefficient (Wildman–Crippen LogP) is 1.26. The van der Waals surface area contributed by atoms with E-state index in [2.05, 4.69) is 12.6 Å². The third-order valence-corrected chi connectivity index (χ3v) is 2.17. The van der Waals surface area contributed by atoms with Gasteiger partial charge in [0, 0.05) is 17.9 Å². The van der Waals surface area contributed by atoms with Gasteiger partial charge < -0.3 is 9.69 Å². The summed E-state index contributed by atoms with van der Waals surface area (Å²) in [6.45, 7) is 0.601. The first kappa shape index (κ1) is 11.8. The van der Waals surface area contributed by atoms with Crippen LogP contribution in [0.4, 0.5) is 0 Å². The smallest absolute Gasteiger partial charge is 0.254 e. The number of benzene rings is 1. The van der Waals surface area contributed by atoms with Crippen LogP contribution < -0.4 is 0 Å². The van der Waals surface area contributed by atoms with Gasteiger partial charge in [0.15, 0.2) is 0 Å². The van der Waals surface area contributed by atoms with Crippen LogP contribution in [0.15, 0.2) is 30.3 Å². The number of aldehydes is 1. The fourth-order valence-corrected chi connectivity index (χ4v) is 1.49. The molecule has 0 spiro atoms. The second-order valence-electron chi connectivity index (χ2n) is 3.01. The van der Waals surface area contributed by atoms with E-state index in [4.69, 9.17) is 0 Å². The zero-order valence-corrected chi connectivity index (χ0v) is 9.19. The molecule has 4 heteroatoms. The van der Waals surface area contributed by atoms with Crippen molar-refractivity contribution in [3.63, 3.8) is 0 Å². The SMILES string of the molecule is O=CCN(CCS)C(=O)c1ccccc1. The Hall–Kier alpha value is -1.29. The molecule has 0 fully saturated rings. The lowest BCUT2D eigenvalue weighted by molar-refractivity contribution is -0.108. The lowest BCUT2D eigenvalue weighted by Gasteiger charge is -2.18. The molecule has 1 amide bonds. The van der Waals surface area contributed by atoms with E-state index < -0.39 is 0 Å². The molecule has 1 rings (SSSR count). The summed E-state index contributed by atoms with van der Waals surface area (Å²) in [6, 6.07) is 8.91. The maximum absolute atomic E-state index is 11.9. The Balaban J connectivity index is 2.76. The van der Waals surface area contributed by atoms with E-state index in [0.29, 0.717) is 17.9 Å². The highest BCUT2D eigenvalue weighted by Crippen LogP contribution is 2.04. The standard InChI is InChI=1S/C11H13NO2S/c13-8-6-12(7-9-15)11(14)10-4-2-1-3-5-10/h1-5,8,15H,6-7,9H2. The molecule has 0 radical (unpaired) electrons. The van der Waals surface area contributed by atoms with E-state index in [1.807, 2.05) is 6.07 Å². The van der Waals surface area contributed by atoms with Crippen LogP contribution >= 0.6 is 12.6 Å². The maximum Gasteiger partial charge on any atom is 0.254 e. The number of thiol groups is 1. The van der Waals surface area contributed by atoms with Crippen LogP contribution in [-0.2, 0) is 4.79 Å². The molecule has 0 aliphatic heterocycles. The zero-order valence-electron chi connectivity index (χ0n) is 8.30. The summed E-state index contributed by atoms with van der Waals surface area (Å²) < 4.78 is 0. The minimum atomic E-state index is -0.128. The first-order chi connectivity index (χ1) is 7.29. The second kappa shape index (κ2) is 6.24. The summed E-state index contributed by atoms with van der Waals surface area (Å²) in [5.74, 6) is 0.420. The van der Waals surface area contributed by atoms with E-state index in [1.165, 1.54) is 4.90 Å². The van der Waals surface area contributed by atoms with Gasteiger partial charge in [-0.15, -0.1) is 0 Å². The molecule has 0 N–H and O–H groups in total. The number of carbonyl (C=O) groups is 2. The average Bonchev–Trinajstić information content (AvgIpc) is 2.29. The van der Waals surface area contributed by atoms with Gasteiger partial charge in [0.2, 0.25) is 0 Å². The van der Waals surface area contributed by atoms with Crippen molar-refractivity contribution in [2.45, 2.75) is 0 Å². The third kappa shape index (κ3) is 3.40. The Bertz CT molecular complexity index is 327. The van der Waals surface area contributed by atoms with Gasteiger partial charge in [-0.25, -0.2) is 0 Å². The number of carbonyl (C=O) groups excluding carboxylic acids is 2. The van der Waals surface area contributed by atoms with E-state index in [1.54, 1.807) is 24.3 Å². The van der Waals surface area contributed by atoms with Gasteiger partial charge in [-0.3, -0.25) is 4.79 Å². The van der Waals surface area contributed by atoms with Crippen LogP contribution in [0.25, 0.3) is 0 Å². The zero-order chi connectivity index (χ0) is 11.1. The molecule has 1 aromatic rings. The van der Waals surface area contributed by atoms with Crippen LogP contribution in [0.1, 0.15) is 10.4 Å². The number of amides is 1. The highest BCUT2D eigenvalue weighted by atomic mass is 32.1. The molecule has 80 valence electrons. The average molecular weight is 223 g/mol. The summed E-state index contributed by atoms with van der Waals surface area (Å²) in [7, 11) is 0. The van der Waals surface area contributed by atoms with Gasteiger partial charge in [-0.05, 0) is 12.1 Å². The number of nitrogens with zero attached hydrogens (tertiary/aromatic N) is 1. The molecule has 0 aromatic heterocycles. The topological polar surface area (TPSA) is 37.4 Å². The van der Waals surface area contributed by atoms with Gasteiger partial charge in [-0.1, -0.05) is 18.2 Å². The molecule has 1 aromatic carbocycles. The van der Waals surface area contributed by atoms with Crippen molar-refractivity contribution in [2.24, 2.45) is 0 Å².